The molecule has 0 saturated heterocycles. The van der Waals surface area contributed by atoms with Gasteiger partial charge in [-0.2, -0.15) is 0 Å². The average molecular weight is 429 g/mol. The minimum atomic E-state index is -3.70. The van der Waals surface area contributed by atoms with Gasteiger partial charge >= 0.3 is 0 Å². The number of benzene rings is 2. The first kappa shape index (κ1) is 22.0. The number of carbonyl (C=O) groups excluding carboxylic acids is 1. The van der Waals surface area contributed by atoms with Crippen molar-refractivity contribution in [3.05, 3.63) is 59.4 Å². The van der Waals surface area contributed by atoms with Gasteiger partial charge in [0.2, 0.25) is 15.9 Å². The van der Waals surface area contributed by atoms with Crippen molar-refractivity contribution >= 4 is 33.2 Å². The summed E-state index contributed by atoms with van der Waals surface area (Å²) < 4.78 is 44.0. The van der Waals surface area contributed by atoms with Gasteiger partial charge in [-0.3, -0.25) is 9.10 Å². The van der Waals surface area contributed by atoms with Crippen LogP contribution in [0.15, 0.2) is 48.5 Å². The van der Waals surface area contributed by atoms with E-state index < -0.39 is 22.0 Å². The summed E-state index contributed by atoms with van der Waals surface area (Å²) in [7, 11) is -3.70. The summed E-state index contributed by atoms with van der Waals surface area (Å²) in [5, 5.41) is 3.14. The monoisotopic (exact) mass is 428 g/mol. The first-order chi connectivity index (χ1) is 13.2. The van der Waals surface area contributed by atoms with Gasteiger partial charge in [0.1, 0.15) is 24.2 Å². The van der Waals surface area contributed by atoms with Crippen LogP contribution in [0.25, 0.3) is 0 Å². The molecule has 0 aliphatic carbocycles. The van der Waals surface area contributed by atoms with E-state index >= 15 is 0 Å². The van der Waals surface area contributed by atoms with Crippen molar-refractivity contribution in [3.8, 4) is 5.75 Å². The minimum Gasteiger partial charge on any atom is -0.492 e. The standard InChI is InChI=1S/C19H22ClFN2O4S/c1-3-18(23(28(2,25)26)16-8-4-14(20)5-9-16)19(24)22-12-13-27-17-10-6-15(21)7-11-17/h4-11,18H,3,12-13H2,1-2H3,(H,22,24)/t18-/m1/s1. The average Bonchev–Trinajstić information content (AvgIpc) is 2.64. The lowest BCUT2D eigenvalue weighted by Crippen LogP contribution is -2.50. The van der Waals surface area contributed by atoms with Crippen LogP contribution < -0.4 is 14.4 Å². The van der Waals surface area contributed by atoms with Crippen LogP contribution >= 0.6 is 11.6 Å². The van der Waals surface area contributed by atoms with Crippen molar-refractivity contribution in [3.63, 3.8) is 0 Å². The SMILES string of the molecule is CC[C@H](C(=O)NCCOc1ccc(F)cc1)N(c1ccc(Cl)cc1)S(C)(=O)=O. The number of anilines is 1. The number of amides is 1. The second-order valence-electron chi connectivity index (χ2n) is 6.05. The second kappa shape index (κ2) is 9.75. The molecule has 152 valence electrons. The fraction of sp³-hybridized carbons (Fsp3) is 0.316. The number of nitrogens with one attached hydrogen (secondary N) is 1. The number of halogens is 2. The lowest BCUT2D eigenvalue weighted by atomic mass is 10.2. The normalized spacial score (nSPS) is 12.3. The van der Waals surface area contributed by atoms with Crippen LogP contribution in [0.1, 0.15) is 13.3 Å². The van der Waals surface area contributed by atoms with Crippen molar-refractivity contribution < 1.29 is 22.3 Å². The number of sulfonamides is 1. The van der Waals surface area contributed by atoms with Crippen LogP contribution in [0.2, 0.25) is 5.02 Å². The van der Waals surface area contributed by atoms with Gasteiger partial charge in [0, 0.05) is 5.02 Å². The predicted molar refractivity (Wildman–Crippen MR) is 108 cm³/mol. The van der Waals surface area contributed by atoms with Gasteiger partial charge in [-0.1, -0.05) is 18.5 Å². The number of nitrogens with zero attached hydrogens (tertiary/aromatic N) is 1. The van der Waals surface area contributed by atoms with E-state index in [0.717, 1.165) is 10.6 Å². The van der Waals surface area contributed by atoms with Crippen LogP contribution in [0.5, 0.6) is 5.75 Å². The molecule has 28 heavy (non-hydrogen) atoms. The molecule has 0 bridgehead atoms. The van der Waals surface area contributed by atoms with Crippen LogP contribution in [-0.2, 0) is 14.8 Å². The maximum absolute atomic E-state index is 12.9. The maximum atomic E-state index is 12.9. The molecule has 0 heterocycles. The van der Waals surface area contributed by atoms with Crippen LogP contribution in [-0.4, -0.2) is 39.8 Å². The summed E-state index contributed by atoms with van der Waals surface area (Å²) in [5.74, 6) is -0.332. The van der Waals surface area contributed by atoms with Gasteiger partial charge in [-0.15, -0.1) is 0 Å². The molecule has 2 rings (SSSR count). The van der Waals surface area contributed by atoms with E-state index in [1.165, 1.54) is 24.3 Å². The summed E-state index contributed by atoms with van der Waals surface area (Å²) in [5.41, 5.74) is 0.358. The van der Waals surface area contributed by atoms with Gasteiger partial charge in [-0.25, -0.2) is 12.8 Å². The Labute approximate surface area is 169 Å². The number of carbonyl (C=O) groups is 1. The molecule has 1 atom stereocenters. The first-order valence-corrected chi connectivity index (χ1v) is 10.9. The highest BCUT2D eigenvalue weighted by Gasteiger charge is 2.31. The highest BCUT2D eigenvalue weighted by atomic mass is 35.5. The molecule has 0 saturated carbocycles. The Bertz CT molecular complexity index is 889. The molecule has 1 amide bonds. The summed E-state index contributed by atoms with van der Waals surface area (Å²) >= 11 is 5.87. The molecule has 0 unspecified atom stereocenters. The summed E-state index contributed by atoms with van der Waals surface area (Å²) in [6.45, 7) is 2.06. The van der Waals surface area contributed by atoms with Crippen molar-refractivity contribution in [1.82, 2.24) is 5.32 Å². The molecule has 2 aromatic carbocycles. The topological polar surface area (TPSA) is 75.7 Å². The molecule has 0 spiro atoms. The highest BCUT2D eigenvalue weighted by Crippen LogP contribution is 2.24. The fourth-order valence-electron chi connectivity index (χ4n) is 2.64. The van der Waals surface area contributed by atoms with E-state index in [9.17, 15) is 17.6 Å². The largest absolute Gasteiger partial charge is 0.492 e. The summed E-state index contributed by atoms with van der Waals surface area (Å²) in [6, 6.07) is 10.8. The predicted octanol–water partition coefficient (Wildman–Crippen LogP) is 3.22. The Morgan fingerprint density at radius 3 is 2.32 bits per heavy atom. The van der Waals surface area contributed by atoms with E-state index in [1.807, 2.05) is 0 Å². The third kappa shape index (κ3) is 6.10. The smallest absolute Gasteiger partial charge is 0.244 e. The number of hydrogen-bond donors (Lipinski definition) is 1. The second-order valence-corrected chi connectivity index (χ2v) is 8.35. The molecule has 0 radical (unpaired) electrons. The molecule has 9 heteroatoms. The Kier molecular flexibility index (Phi) is 7.65. The zero-order chi connectivity index (χ0) is 20.7. The Morgan fingerprint density at radius 2 is 1.79 bits per heavy atom. The minimum absolute atomic E-state index is 0.160. The molecule has 0 fully saturated rings. The number of ether oxygens (including phenoxy) is 1. The zero-order valence-corrected chi connectivity index (χ0v) is 17.1. The highest BCUT2D eigenvalue weighted by molar-refractivity contribution is 7.92. The van der Waals surface area contributed by atoms with E-state index in [0.29, 0.717) is 16.5 Å². The third-order valence-electron chi connectivity index (χ3n) is 3.89. The summed E-state index contributed by atoms with van der Waals surface area (Å²) in [6.07, 6.45) is 1.33. The van der Waals surface area contributed by atoms with Gasteiger partial charge in [0.15, 0.2) is 0 Å². The molecule has 1 N–H and O–H groups in total. The molecule has 2 aromatic rings. The Hall–Kier alpha value is -2.32. The van der Waals surface area contributed by atoms with Crippen LogP contribution in [0.3, 0.4) is 0 Å². The van der Waals surface area contributed by atoms with Crippen LogP contribution in [0.4, 0.5) is 10.1 Å². The maximum Gasteiger partial charge on any atom is 0.244 e. The lowest BCUT2D eigenvalue weighted by molar-refractivity contribution is -0.122. The van der Waals surface area contributed by atoms with Crippen LogP contribution in [0, 0.1) is 5.82 Å². The third-order valence-corrected chi connectivity index (χ3v) is 5.33. The van der Waals surface area contributed by atoms with E-state index in [1.54, 1.807) is 31.2 Å². The van der Waals surface area contributed by atoms with Gasteiger partial charge < -0.3 is 10.1 Å². The van der Waals surface area contributed by atoms with Gasteiger partial charge in [0.25, 0.3) is 0 Å². The fourth-order valence-corrected chi connectivity index (χ4v) is 3.98. The van der Waals surface area contributed by atoms with Gasteiger partial charge in [0.05, 0.1) is 18.5 Å². The quantitative estimate of drug-likeness (QED) is 0.622. The molecular weight excluding hydrogens is 407 g/mol. The Morgan fingerprint density at radius 1 is 1.18 bits per heavy atom. The van der Waals surface area contributed by atoms with Crippen molar-refractivity contribution in [2.45, 2.75) is 19.4 Å². The summed E-state index contributed by atoms with van der Waals surface area (Å²) in [4.78, 5) is 12.6. The molecular formula is C19H22ClFN2O4S. The Balaban J connectivity index is 2.02. The van der Waals surface area contributed by atoms with E-state index in [-0.39, 0.29) is 25.4 Å². The van der Waals surface area contributed by atoms with Crippen molar-refractivity contribution in [2.75, 3.05) is 23.7 Å². The molecule has 6 nitrogen and oxygen atoms in total. The molecule has 0 aliphatic rings. The molecule has 0 aliphatic heterocycles. The van der Waals surface area contributed by atoms with E-state index in [2.05, 4.69) is 5.32 Å². The number of hydrogen-bond acceptors (Lipinski definition) is 4. The molecule has 0 aromatic heterocycles. The van der Waals surface area contributed by atoms with Gasteiger partial charge in [-0.05, 0) is 55.0 Å². The number of rotatable bonds is 9. The van der Waals surface area contributed by atoms with Crippen molar-refractivity contribution in [2.24, 2.45) is 0 Å². The van der Waals surface area contributed by atoms with Crippen molar-refractivity contribution in [1.29, 1.82) is 0 Å². The van der Waals surface area contributed by atoms with E-state index in [4.69, 9.17) is 16.3 Å². The zero-order valence-electron chi connectivity index (χ0n) is 15.6. The lowest BCUT2D eigenvalue weighted by Gasteiger charge is -2.30. The first-order valence-electron chi connectivity index (χ1n) is 8.63.